The van der Waals surface area contributed by atoms with Crippen molar-refractivity contribution in [2.24, 2.45) is 5.92 Å². The molecule has 2 unspecified atom stereocenters. The average molecular weight is 288 g/mol. The van der Waals surface area contributed by atoms with Crippen LogP contribution in [-0.2, 0) is 0 Å². The zero-order valence-electron chi connectivity index (χ0n) is 12.6. The highest BCUT2D eigenvalue weighted by atomic mass is 16.6. The first kappa shape index (κ1) is 15.7. The number of nitrogens with zero attached hydrogens (tertiary/aromatic N) is 1. The quantitative estimate of drug-likeness (QED) is 0.460. The van der Waals surface area contributed by atoms with Gasteiger partial charge >= 0.3 is 0 Å². The van der Waals surface area contributed by atoms with Crippen LogP contribution in [0, 0.1) is 16.0 Å². The molecular formula is C17H24N2O2. The molecule has 1 N–H and O–H groups in total. The minimum absolute atomic E-state index is 0.177. The fourth-order valence-corrected chi connectivity index (χ4v) is 2.88. The number of allylic oxidation sites excluding steroid dienone is 2. The lowest BCUT2D eigenvalue weighted by atomic mass is 9.93. The molecule has 1 aromatic rings. The maximum absolute atomic E-state index is 10.9. The first-order valence-corrected chi connectivity index (χ1v) is 7.83. The molecule has 0 spiro atoms. The maximum atomic E-state index is 10.9. The zero-order chi connectivity index (χ0) is 15.1. The van der Waals surface area contributed by atoms with Gasteiger partial charge < -0.3 is 5.32 Å². The van der Waals surface area contributed by atoms with Crippen LogP contribution in [0.2, 0.25) is 0 Å². The van der Waals surface area contributed by atoms with Crippen molar-refractivity contribution in [1.82, 2.24) is 5.32 Å². The second-order valence-corrected chi connectivity index (χ2v) is 5.75. The predicted molar refractivity (Wildman–Crippen MR) is 85.2 cm³/mol. The van der Waals surface area contributed by atoms with Crippen molar-refractivity contribution in [1.29, 1.82) is 0 Å². The SMILES string of the molecule is CCCC(NCC1CC=CCC1)c1cccc([N+](=O)[O-])c1. The molecule has 114 valence electrons. The molecule has 0 amide bonds. The molecule has 0 saturated carbocycles. The summed E-state index contributed by atoms with van der Waals surface area (Å²) in [5, 5.41) is 14.5. The molecule has 0 fully saturated rings. The van der Waals surface area contributed by atoms with E-state index in [2.05, 4.69) is 24.4 Å². The van der Waals surface area contributed by atoms with Crippen LogP contribution in [0.5, 0.6) is 0 Å². The Bertz CT molecular complexity index is 499. The number of hydrogen-bond donors (Lipinski definition) is 1. The van der Waals surface area contributed by atoms with Gasteiger partial charge in [0.15, 0.2) is 0 Å². The second-order valence-electron chi connectivity index (χ2n) is 5.75. The van der Waals surface area contributed by atoms with Gasteiger partial charge in [-0.25, -0.2) is 0 Å². The Morgan fingerprint density at radius 3 is 2.95 bits per heavy atom. The minimum Gasteiger partial charge on any atom is -0.310 e. The van der Waals surface area contributed by atoms with E-state index in [1.807, 2.05) is 6.07 Å². The summed E-state index contributed by atoms with van der Waals surface area (Å²) in [4.78, 5) is 10.6. The van der Waals surface area contributed by atoms with E-state index in [9.17, 15) is 10.1 Å². The second kappa shape index (κ2) is 7.93. The Balaban J connectivity index is 2.01. The van der Waals surface area contributed by atoms with Crippen molar-refractivity contribution >= 4 is 5.69 Å². The van der Waals surface area contributed by atoms with Crippen LogP contribution in [-0.4, -0.2) is 11.5 Å². The molecule has 0 saturated heterocycles. The molecule has 4 nitrogen and oxygen atoms in total. The summed E-state index contributed by atoms with van der Waals surface area (Å²) < 4.78 is 0. The summed E-state index contributed by atoms with van der Waals surface area (Å²) in [6.45, 7) is 3.13. The Morgan fingerprint density at radius 1 is 1.43 bits per heavy atom. The average Bonchev–Trinajstić information content (AvgIpc) is 2.52. The normalized spacial score (nSPS) is 19.4. The number of nitrogens with one attached hydrogen (secondary N) is 1. The van der Waals surface area contributed by atoms with E-state index in [-0.39, 0.29) is 16.7 Å². The van der Waals surface area contributed by atoms with Gasteiger partial charge in [-0.3, -0.25) is 10.1 Å². The van der Waals surface area contributed by atoms with Gasteiger partial charge in [0.1, 0.15) is 0 Å². The third-order valence-corrected chi connectivity index (χ3v) is 4.09. The highest BCUT2D eigenvalue weighted by Gasteiger charge is 2.16. The van der Waals surface area contributed by atoms with Crippen molar-refractivity contribution in [2.75, 3.05) is 6.54 Å². The van der Waals surface area contributed by atoms with Crippen LogP contribution in [0.1, 0.15) is 50.6 Å². The number of benzene rings is 1. The van der Waals surface area contributed by atoms with E-state index in [1.165, 1.54) is 12.8 Å². The molecule has 1 aromatic carbocycles. The van der Waals surface area contributed by atoms with E-state index >= 15 is 0 Å². The summed E-state index contributed by atoms with van der Waals surface area (Å²) in [7, 11) is 0. The minimum atomic E-state index is -0.321. The molecular weight excluding hydrogens is 264 g/mol. The maximum Gasteiger partial charge on any atom is 0.269 e. The first-order chi connectivity index (χ1) is 10.2. The molecule has 1 aliphatic rings. The standard InChI is InChI=1S/C17H24N2O2/c1-2-7-17(18-13-14-8-4-3-5-9-14)15-10-6-11-16(12-15)19(20)21/h3-4,6,10-12,14,17-18H,2,5,7-9,13H2,1H3. The molecule has 0 heterocycles. The van der Waals surface area contributed by atoms with Crippen LogP contribution in [0.3, 0.4) is 0 Å². The molecule has 0 aliphatic heterocycles. The highest BCUT2D eigenvalue weighted by molar-refractivity contribution is 5.35. The lowest BCUT2D eigenvalue weighted by molar-refractivity contribution is -0.384. The van der Waals surface area contributed by atoms with Crippen molar-refractivity contribution in [3.63, 3.8) is 0 Å². The monoisotopic (exact) mass is 288 g/mol. The summed E-state index contributed by atoms with van der Waals surface area (Å²) in [6, 6.07) is 7.23. The van der Waals surface area contributed by atoms with Crippen LogP contribution in [0.15, 0.2) is 36.4 Å². The van der Waals surface area contributed by atoms with Crippen molar-refractivity contribution in [2.45, 2.75) is 45.1 Å². The van der Waals surface area contributed by atoms with Crippen molar-refractivity contribution < 1.29 is 4.92 Å². The Hall–Kier alpha value is -1.68. The van der Waals surface area contributed by atoms with Gasteiger partial charge in [-0.2, -0.15) is 0 Å². The smallest absolute Gasteiger partial charge is 0.269 e. The van der Waals surface area contributed by atoms with Gasteiger partial charge in [0.05, 0.1) is 4.92 Å². The van der Waals surface area contributed by atoms with Crippen LogP contribution < -0.4 is 5.32 Å². The summed E-state index contributed by atoms with van der Waals surface area (Å²) in [6.07, 6.45) is 10.1. The van der Waals surface area contributed by atoms with Crippen molar-refractivity contribution in [3.05, 3.63) is 52.1 Å². The van der Waals surface area contributed by atoms with E-state index in [4.69, 9.17) is 0 Å². The third kappa shape index (κ3) is 4.67. The number of rotatable bonds is 7. The number of hydrogen-bond acceptors (Lipinski definition) is 3. The predicted octanol–water partition coefficient (Wildman–Crippen LogP) is 4.38. The number of nitro groups is 1. The van der Waals surface area contributed by atoms with Crippen LogP contribution in [0.25, 0.3) is 0 Å². The Kier molecular flexibility index (Phi) is 5.93. The zero-order valence-corrected chi connectivity index (χ0v) is 12.6. The molecule has 21 heavy (non-hydrogen) atoms. The van der Waals surface area contributed by atoms with E-state index in [0.717, 1.165) is 31.4 Å². The van der Waals surface area contributed by atoms with Gasteiger partial charge in [-0.05, 0) is 43.7 Å². The summed E-state index contributed by atoms with van der Waals surface area (Å²) in [5.74, 6) is 0.688. The molecule has 0 radical (unpaired) electrons. The molecule has 4 heteroatoms. The lowest BCUT2D eigenvalue weighted by Gasteiger charge is -2.24. The van der Waals surface area contributed by atoms with Crippen molar-refractivity contribution in [3.8, 4) is 0 Å². The Morgan fingerprint density at radius 2 is 2.29 bits per heavy atom. The molecule has 0 bridgehead atoms. The highest BCUT2D eigenvalue weighted by Crippen LogP contribution is 2.24. The van der Waals surface area contributed by atoms with E-state index < -0.39 is 0 Å². The van der Waals surface area contributed by atoms with Crippen LogP contribution in [0.4, 0.5) is 5.69 Å². The fourth-order valence-electron chi connectivity index (χ4n) is 2.88. The summed E-state index contributed by atoms with van der Waals surface area (Å²) in [5.41, 5.74) is 1.20. The number of non-ortho nitro benzene ring substituents is 1. The first-order valence-electron chi connectivity index (χ1n) is 7.83. The Labute approximate surface area is 126 Å². The fraction of sp³-hybridized carbons (Fsp3) is 0.529. The molecule has 2 rings (SSSR count). The molecule has 0 aromatic heterocycles. The van der Waals surface area contributed by atoms with Gasteiger partial charge in [0, 0.05) is 18.2 Å². The summed E-state index contributed by atoms with van der Waals surface area (Å²) >= 11 is 0. The van der Waals surface area contributed by atoms with Crippen LogP contribution >= 0.6 is 0 Å². The molecule has 1 aliphatic carbocycles. The van der Waals surface area contributed by atoms with E-state index in [0.29, 0.717) is 5.92 Å². The van der Waals surface area contributed by atoms with E-state index in [1.54, 1.807) is 18.2 Å². The van der Waals surface area contributed by atoms with Gasteiger partial charge in [-0.15, -0.1) is 0 Å². The molecule has 2 atom stereocenters. The topological polar surface area (TPSA) is 55.2 Å². The third-order valence-electron chi connectivity index (χ3n) is 4.09. The van der Waals surface area contributed by atoms with Gasteiger partial charge in [0.25, 0.3) is 5.69 Å². The largest absolute Gasteiger partial charge is 0.310 e. The lowest BCUT2D eigenvalue weighted by Crippen LogP contribution is -2.28. The van der Waals surface area contributed by atoms with Gasteiger partial charge in [-0.1, -0.05) is 37.6 Å². The van der Waals surface area contributed by atoms with Gasteiger partial charge in [0.2, 0.25) is 0 Å². The number of nitro benzene ring substituents is 1.